The summed E-state index contributed by atoms with van der Waals surface area (Å²) in [6.07, 6.45) is -0.220. The van der Waals surface area contributed by atoms with E-state index in [2.05, 4.69) is 10.6 Å². The molecule has 0 aliphatic carbocycles. The van der Waals surface area contributed by atoms with Gasteiger partial charge in [-0.25, -0.2) is 0 Å². The van der Waals surface area contributed by atoms with Gasteiger partial charge in [0.25, 0.3) is 0 Å². The van der Waals surface area contributed by atoms with Crippen LogP contribution in [0.2, 0.25) is 0 Å². The summed E-state index contributed by atoms with van der Waals surface area (Å²) >= 11 is 0. The molecule has 0 aliphatic rings. The Labute approximate surface area is 124 Å². The van der Waals surface area contributed by atoms with Crippen LogP contribution in [0.1, 0.15) is 20.3 Å². The molecule has 0 fully saturated rings. The molecule has 2 N–H and O–H groups in total. The van der Waals surface area contributed by atoms with Crippen LogP contribution < -0.4 is 20.1 Å². The summed E-state index contributed by atoms with van der Waals surface area (Å²) in [6, 6.07) is 5.03. The van der Waals surface area contributed by atoms with E-state index in [0.29, 0.717) is 29.6 Å². The minimum absolute atomic E-state index is 0.220. The van der Waals surface area contributed by atoms with Crippen molar-refractivity contribution >= 4 is 17.5 Å². The molecule has 0 aliphatic heterocycles. The normalized spacial score (nSPS) is 10.1. The molecule has 0 spiro atoms. The van der Waals surface area contributed by atoms with Crippen LogP contribution in [0.3, 0.4) is 0 Å². The van der Waals surface area contributed by atoms with E-state index in [1.165, 1.54) is 7.11 Å². The first-order chi connectivity index (χ1) is 9.96. The van der Waals surface area contributed by atoms with Crippen LogP contribution in [0.4, 0.5) is 5.69 Å². The van der Waals surface area contributed by atoms with Crippen LogP contribution in [-0.2, 0) is 9.59 Å². The average Bonchev–Trinajstić information content (AvgIpc) is 2.45. The predicted octanol–water partition coefficient (Wildman–Crippen LogP) is 1.80. The molecule has 0 saturated heterocycles. The molecule has 0 unspecified atom stereocenters. The van der Waals surface area contributed by atoms with Gasteiger partial charge in [0, 0.05) is 12.6 Å². The van der Waals surface area contributed by atoms with Gasteiger partial charge in [-0.15, -0.1) is 0 Å². The minimum atomic E-state index is -0.389. The molecule has 0 bridgehead atoms. The number of methoxy groups -OCH3 is 2. The Hall–Kier alpha value is -2.24. The number of anilines is 1. The van der Waals surface area contributed by atoms with Crippen LogP contribution >= 0.6 is 0 Å². The molecule has 1 rings (SSSR count). The van der Waals surface area contributed by atoms with E-state index in [4.69, 9.17) is 9.47 Å². The van der Waals surface area contributed by atoms with Gasteiger partial charge >= 0.3 is 0 Å². The van der Waals surface area contributed by atoms with Crippen LogP contribution in [0.15, 0.2) is 18.2 Å². The van der Waals surface area contributed by atoms with Crippen LogP contribution in [0.5, 0.6) is 11.5 Å². The quantitative estimate of drug-likeness (QED) is 0.752. The summed E-state index contributed by atoms with van der Waals surface area (Å²) in [5, 5.41) is 5.35. The first-order valence-electron chi connectivity index (χ1n) is 6.74. The van der Waals surface area contributed by atoms with Crippen molar-refractivity contribution in [2.75, 3.05) is 26.1 Å². The first kappa shape index (κ1) is 16.8. The fourth-order valence-corrected chi connectivity index (χ4v) is 1.62. The second kappa shape index (κ2) is 8.14. The number of nitrogens with one attached hydrogen (secondary N) is 2. The van der Waals surface area contributed by atoms with Gasteiger partial charge in [-0.05, 0) is 18.1 Å². The Kier molecular flexibility index (Phi) is 6.52. The van der Waals surface area contributed by atoms with Gasteiger partial charge in [0.2, 0.25) is 11.8 Å². The van der Waals surface area contributed by atoms with Gasteiger partial charge in [0.05, 0.1) is 19.9 Å². The van der Waals surface area contributed by atoms with Crippen LogP contribution in [0, 0.1) is 5.92 Å². The summed E-state index contributed by atoms with van der Waals surface area (Å²) < 4.78 is 10.3. The highest BCUT2D eigenvalue weighted by atomic mass is 16.5. The fraction of sp³-hybridized carbons (Fsp3) is 0.467. The lowest BCUT2D eigenvalue weighted by molar-refractivity contribution is -0.126. The van der Waals surface area contributed by atoms with E-state index in [1.54, 1.807) is 25.3 Å². The Morgan fingerprint density at radius 1 is 1.14 bits per heavy atom. The van der Waals surface area contributed by atoms with Gasteiger partial charge in [-0.2, -0.15) is 0 Å². The SMILES string of the molecule is COc1ccc(NC(=O)CC(=O)NCC(C)C)c(OC)c1. The number of rotatable bonds is 7. The smallest absolute Gasteiger partial charge is 0.233 e. The Balaban J connectivity index is 2.60. The van der Waals surface area contributed by atoms with Crippen molar-refractivity contribution in [1.82, 2.24) is 5.32 Å². The van der Waals surface area contributed by atoms with Gasteiger partial charge in [0.15, 0.2) is 0 Å². The number of ether oxygens (including phenoxy) is 2. The summed E-state index contributed by atoms with van der Waals surface area (Å²) in [6.45, 7) is 4.53. The molecule has 21 heavy (non-hydrogen) atoms. The maximum absolute atomic E-state index is 11.8. The molecule has 1 aromatic carbocycles. The molecule has 0 saturated carbocycles. The van der Waals surface area contributed by atoms with Gasteiger partial charge < -0.3 is 20.1 Å². The molecule has 0 heterocycles. The molecule has 6 heteroatoms. The zero-order valence-corrected chi connectivity index (χ0v) is 12.9. The van der Waals surface area contributed by atoms with Crippen LogP contribution in [0.25, 0.3) is 0 Å². The highest BCUT2D eigenvalue weighted by Gasteiger charge is 2.12. The molecule has 2 amide bonds. The molecular weight excluding hydrogens is 272 g/mol. The largest absolute Gasteiger partial charge is 0.497 e. The van der Waals surface area contributed by atoms with E-state index in [0.717, 1.165) is 0 Å². The van der Waals surface area contributed by atoms with E-state index in [-0.39, 0.29) is 18.2 Å². The molecule has 0 atom stereocenters. The zero-order chi connectivity index (χ0) is 15.8. The Morgan fingerprint density at radius 2 is 1.86 bits per heavy atom. The zero-order valence-electron chi connectivity index (χ0n) is 12.9. The standard InChI is InChI=1S/C15H22N2O4/c1-10(2)9-16-14(18)8-15(19)17-12-6-5-11(20-3)7-13(12)21-4/h5-7,10H,8-9H2,1-4H3,(H,16,18)(H,17,19). The number of amides is 2. The number of hydrogen-bond donors (Lipinski definition) is 2. The van der Waals surface area contributed by atoms with Crippen molar-refractivity contribution in [3.8, 4) is 11.5 Å². The fourth-order valence-electron chi connectivity index (χ4n) is 1.62. The topological polar surface area (TPSA) is 76.7 Å². The van der Waals surface area contributed by atoms with Crippen molar-refractivity contribution in [2.24, 2.45) is 5.92 Å². The lowest BCUT2D eigenvalue weighted by Gasteiger charge is -2.12. The molecule has 6 nitrogen and oxygen atoms in total. The van der Waals surface area contributed by atoms with E-state index >= 15 is 0 Å². The van der Waals surface area contributed by atoms with Gasteiger partial charge in [0.1, 0.15) is 17.9 Å². The minimum Gasteiger partial charge on any atom is -0.497 e. The monoisotopic (exact) mass is 294 g/mol. The second-order valence-corrected chi connectivity index (χ2v) is 4.99. The summed E-state index contributed by atoms with van der Waals surface area (Å²) in [5.41, 5.74) is 0.500. The molecule has 0 aromatic heterocycles. The van der Waals surface area contributed by atoms with E-state index in [9.17, 15) is 9.59 Å². The molecular formula is C15H22N2O4. The Bertz CT molecular complexity index is 500. The van der Waals surface area contributed by atoms with Crippen molar-refractivity contribution in [3.63, 3.8) is 0 Å². The third-order valence-corrected chi connectivity index (χ3v) is 2.71. The lowest BCUT2D eigenvalue weighted by Crippen LogP contribution is -2.30. The summed E-state index contributed by atoms with van der Waals surface area (Å²) in [4.78, 5) is 23.4. The summed E-state index contributed by atoms with van der Waals surface area (Å²) in [5.74, 6) is 0.761. The maximum atomic E-state index is 11.8. The first-order valence-corrected chi connectivity index (χ1v) is 6.74. The Morgan fingerprint density at radius 3 is 2.43 bits per heavy atom. The van der Waals surface area contributed by atoms with Crippen molar-refractivity contribution in [1.29, 1.82) is 0 Å². The van der Waals surface area contributed by atoms with Crippen molar-refractivity contribution in [2.45, 2.75) is 20.3 Å². The summed E-state index contributed by atoms with van der Waals surface area (Å²) in [7, 11) is 3.05. The average molecular weight is 294 g/mol. The van der Waals surface area contributed by atoms with Gasteiger partial charge in [-0.1, -0.05) is 13.8 Å². The van der Waals surface area contributed by atoms with Gasteiger partial charge in [-0.3, -0.25) is 9.59 Å². The van der Waals surface area contributed by atoms with Crippen molar-refractivity contribution in [3.05, 3.63) is 18.2 Å². The maximum Gasteiger partial charge on any atom is 0.233 e. The van der Waals surface area contributed by atoms with Crippen molar-refractivity contribution < 1.29 is 19.1 Å². The molecule has 1 aromatic rings. The van der Waals surface area contributed by atoms with Crippen LogP contribution in [-0.4, -0.2) is 32.6 Å². The number of hydrogen-bond acceptors (Lipinski definition) is 4. The van der Waals surface area contributed by atoms with E-state index < -0.39 is 0 Å². The second-order valence-electron chi connectivity index (χ2n) is 4.99. The highest BCUT2D eigenvalue weighted by Crippen LogP contribution is 2.28. The highest BCUT2D eigenvalue weighted by molar-refractivity contribution is 6.04. The number of carbonyl (C=O) groups excluding carboxylic acids is 2. The lowest BCUT2D eigenvalue weighted by atomic mass is 10.2. The third-order valence-electron chi connectivity index (χ3n) is 2.71. The predicted molar refractivity (Wildman–Crippen MR) is 80.6 cm³/mol. The molecule has 0 radical (unpaired) electrons. The number of carbonyl (C=O) groups is 2. The third kappa shape index (κ3) is 5.72. The number of benzene rings is 1. The van der Waals surface area contributed by atoms with E-state index in [1.807, 2.05) is 13.8 Å². The molecule has 116 valence electrons.